The predicted octanol–water partition coefficient (Wildman–Crippen LogP) is 1.82. The molecular formula is C7H12O2. The van der Waals surface area contributed by atoms with Crippen LogP contribution in [0.4, 0.5) is 0 Å². The van der Waals surface area contributed by atoms with Gasteiger partial charge in [0.15, 0.2) is 5.78 Å². The molecule has 1 N–H and O–H groups in total. The van der Waals surface area contributed by atoms with E-state index in [-0.39, 0.29) is 11.5 Å². The largest absolute Gasteiger partial charge is 0.512 e. The van der Waals surface area contributed by atoms with E-state index in [2.05, 4.69) is 0 Å². The molecule has 2 heteroatoms. The minimum absolute atomic E-state index is 0.0191. The normalized spacial score (nSPS) is 11.6. The maximum absolute atomic E-state index is 10.5. The van der Waals surface area contributed by atoms with Gasteiger partial charge < -0.3 is 5.11 Å². The second-order valence-corrected chi connectivity index (χ2v) is 1.81. The highest BCUT2D eigenvalue weighted by molar-refractivity contribution is 5.89. The fourth-order valence-electron chi connectivity index (χ4n) is 0.390. The zero-order valence-corrected chi connectivity index (χ0v) is 5.85. The highest BCUT2D eigenvalue weighted by Gasteiger charge is 1.93. The van der Waals surface area contributed by atoms with Gasteiger partial charge in [-0.15, -0.1) is 0 Å². The van der Waals surface area contributed by atoms with Crippen LogP contribution in [0.5, 0.6) is 0 Å². The minimum atomic E-state index is -0.0191. The van der Waals surface area contributed by atoms with Crippen molar-refractivity contribution >= 4 is 5.78 Å². The van der Waals surface area contributed by atoms with E-state index in [1.165, 1.54) is 6.08 Å². The van der Waals surface area contributed by atoms with Gasteiger partial charge >= 0.3 is 0 Å². The molecule has 0 radical (unpaired) electrons. The van der Waals surface area contributed by atoms with Gasteiger partial charge in [0.05, 0.1) is 5.76 Å². The Labute approximate surface area is 55.2 Å². The van der Waals surface area contributed by atoms with E-state index in [0.29, 0.717) is 12.8 Å². The summed E-state index contributed by atoms with van der Waals surface area (Å²) in [6.45, 7) is 3.57. The second kappa shape index (κ2) is 4.13. The van der Waals surface area contributed by atoms with Gasteiger partial charge in [0.2, 0.25) is 0 Å². The monoisotopic (exact) mass is 128 g/mol. The highest BCUT2D eigenvalue weighted by atomic mass is 16.3. The van der Waals surface area contributed by atoms with Gasteiger partial charge in [-0.1, -0.05) is 13.8 Å². The molecule has 9 heavy (non-hydrogen) atoms. The minimum Gasteiger partial charge on any atom is -0.512 e. The van der Waals surface area contributed by atoms with E-state index in [9.17, 15) is 4.79 Å². The summed E-state index contributed by atoms with van der Waals surface area (Å²) in [4.78, 5) is 10.5. The van der Waals surface area contributed by atoms with Crippen molar-refractivity contribution in [1.29, 1.82) is 0 Å². The third-order valence-corrected chi connectivity index (χ3v) is 1.04. The molecule has 2 nitrogen and oxygen atoms in total. The van der Waals surface area contributed by atoms with E-state index in [0.717, 1.165) is 0 Å². The summed E-state index contributed by atoms with van der Waals surface area (Å²) in [5.74, 6) is 0.149. The van der Waals surface area contributed by atoms with Crippen LogP contribution in [-0.4, -0.2) is 10.9 Å². The molecular weight excluding hydrogens is 116 g/mol. The molecule has 0 saturated heterocycles. The Morgan fingerprint density at radius 3 is 2.33 bits per heavy atom. The molecule has 0 aliphatic rings. The number of aliphatic hydroxyl groups excluding tert-OH is 1. The van der Waals surface area contributed by atoms with E-state index < -0.39 is 0 Å². The van der Waals surface area contributed by atoms with Crippen LogP contribution in [0.15, 0.2) is 11.8 Å². The second-order valence-electron chi connectivity index (χ2n) is 1.81. The molecule has 0 unspecified atom stereocenters. The molecule has 0 aromatic heterocycles. The summed E-state index contributed by atoms with van der Waals surface area (Å²) in [5.41, 5.74) is 0. The molecule has 0 atom stereocenters. The van der Waals surface area contributed by atoms with E-state index in [1.54, 1.807) is 13.8 Å². The van der Waals surface area contributed by atoms with Crippen molar-refractivity contribution in [1.82, 2.24) is 0 Å². The Balaban J connectivity index is 3.79. The van der Waals surface area contributed by atoms with Gasteiger partial charge in [-0.05, 0) is 0 Å². The van der Waals surface area contributed by atoms with Crippen LogP contribution < -0.4 is 0 Å². The summed E-state index contributed by atoms with van der Waals surface area (Å²) in [5, 5.41) is 8.80. The van der Waals surface area contributed by atoms with E-state index in [1.807, 2.05) is 0 Å². The van der Waals surface area contributed by atoms with Gasteiger partial charge in [-0.3, -0.25) is 4.79 Å². The number of carbonyl (C=O) groups is 1. The summed E-state index contributed by atoms with van der Waals surface area (Å²) < 4.78 is 0. The first-order valence-electron chi connectivity index (χ1n) is 3.13. The Morgan fingerprint density at radius 1 is 1.44 bits per heavy atom. The Morgan fingerprint density at radius 2 is 2.00 bits per heavy atom. The van der Waals surface area contributed by atoms with Crippen molar-refractivity contribution in [3.8, 4) is 0 Å². The Hall–Kier alpha value is -0.790. The Kier molecular flexibility index (Phi) is 3.76. The van der Waals surface area contributed by atoms with Crippen LogP contribution in [0.1, 0.15) is 26.7 Å². The summed E-state index contributed by atoms with van der Waals surface area (Å²) in [6.07, 6.45) is 2.27. The molecule has 0 rings (SSSR count). The quantitative estimate of drug-likeness (QED) is 0.465. The van der Waals surface area contributed by atoms with Crippen LogP contribution in [0.2, 0.25) is 0 Å². The van der Waals surface area contributed by atoms with Crippen molar-refractivity contribution in [2.45, 2.75) is 26.7 Å². The highest BCUT2D eigenvalue weighted by Crippen LogP contribution is 1.95. The third-order valence-electron chi connectivity index (χ3n) is 1.04. The molecule has 0 aliphatic heterocycles. The molecule has 0 saturated carbocycles. The number of carbonyl (C=O) groups excluding carboxylic acids is 1. The fourth-order valence-corrected chi connectivity index (χ4v) is 0.390. The van der Waals surface area contributed by atoms with Gasteiger partial charge in [0.1, 0.15) is 0 Å². The van der Waals surface area contributed by atoms with Crippen LogP contribution in [0, 0.1) is 0 Å². The van der Waals surface area contributed by atoms with Crippen LogP contribution in [-0.2, 0) is 4.79 Å². The van der Waals surface area contributed by atoms with Crippen molar-refractivity contribution in [3.63, 3.8) is 0 Å². The molecule has 0 spiro atoms. The van der Waals surface area contributed by atoms with E-state index >= 15 is 0 Å². The molecule has 0 aliphatic carbocycles. The number of hydrogen-bond acceptors (Lipinski definition) is 2. The Bertz CT molecular complexity index is 125. The van der Waals surface area contributed by atoms with Crippen LogP contribution in [0.25, 0.3) is 0 Å². The van der Waals surface area contributed by atoms with Gasteiger partial charge in [0.25, 0.3) is 0 Å². The maximum atomic E-state index is 10.5. The first-order valence-corrected chi connectivity index (χ1v) is 3.13. The summed E-state index contributed by atoms with van der Waals surface area (Å²) in [6, 6.07) is 0. The number of aliphatic hydroxyl groups is 1. The fraction of sp³-hybridized carbons (Fsp3) is 0.571. The number of allylic oxidation sites excluding steroid dienone is 2. The number of rotatable bonds is 3. The van der Waals surface area contributed by atoms with Crippen LogP contribution in [0.3, 0.4) is 0 Å². The molecule has 0 bridgehead atoms. The van der Waals surface area contributed by atoms with Crippen molar-refractivity contribution in [2.75, 3.05) is 0 Å². The SMILES string of the molecule is CCC(=O)C=C(O)CC. The molecule has 0 aromatic carbocycles. The lowest BCUT2D eigenvalue weighted by Gasteiger charge is -1.90. The molecule has 0 aromatic rings. The third kappa shape index (κ3) is 3.76. The first kappa shape index (κ1) is 8.21. The standard InChI is InChI=1S/C7H12O2/c1-3-6(8)5-7(9)4-2/h5,8H,3-4H2,1-2H3. The number of hydrogen-bond donors (Lipinski definition) is 1. The van der Waals surface area contributed by atoms with Crippen molar-refractivity contribution in [3.05, 3.63) is 11.8 Å². The molecule has 0 amide bonds. The topological polar surface area (TPSA) is 37.3 Å². The van der Waals surface area contributed by atoms with Crippen LogP contribution >= 0.6 is 0 Å². The molecule has 52 valence electrons. The summed E-state index contributed by atoms with van der Waals surface area (Å²) >= 11 is 0. The first-order chi connectivity index (χ1) is 4.20. The smallest absolute Gasteiger partial charge is 0.158 e. The van der Waals surface area contributed by atoms with Gasteiger partial charge in [-0.2, -0.15) is 0 Å². The zero-order valence-electron chi connectivity index (χ0n) is 5.85. The summed E-state index contributed by atoms with van der Waals surface area (Å²) in [7, 11) is 0. The molecule has 0 heterocycles. The average Bonchev–Trinajstić information content (AvgIpc) is 1.87. The number of ketones is 1. The van der Waals surface area contributed by atoms with Gasteiger partial charge in [-0.25, -0.2) is 0 Å². The average molecular weight is 128 g/mol. The predicted molar refractivity (Wildman–Crippen MR) is 36.3 cm³/mol. The zero-order chi connectivity index (χ0) is 7.28. The van der Waals surface area contributed by atoms with Crippen molar-refractivity contribution in [2.24, 2.45) is 0 Å². The lowest BCUT2D eigenvalue weighted by molar-refractivity contribution is -0.114. The lowest BCUT2D eigenvalue weighted by atomic mass is 10.2. The van der Waals surface area contributed by atoms with Crippen molar-refractivity contribution < 1.29 is 9.90 Å². The van der Waals surface area contributed by atoms with Gasteiger partial charge in [0, 0.05) is 18.9 Å². The molecule has 0 fully saturated rings. The van der Waals surface area contributed by atoms with E-state index in [4.69, 9.17) is 5.11 Å². The lowest BCUT2D eigenvalue weighted by Crippen LogP contribution is -1.90. The maximum Gasteiger partial charge on any atom is 0.158 e.